The molecule has 0 amide bonds. The fourth-order valence-electron chi connectivity index (χ4n) is 5.30. The second-order valence-electron chi connectivity index (χ2n) is 8.10. The van der Waals surface area contributed by atoms with E-state index in [0.29, 0.717) is 6.54 Å². The molecule has 1 aliphatic carbocycles. The molecule has 2 aromatic carbocycles. The number of nitrogens with one attached hydrogen (secondary N) is 1. The fourth-order valence-corrected chi connectivity index (χ4v) is 5.30. The third-order valence-corrected chi connectivity index (χ3v) is 6.64. The maximum absolute atomic E-state index is 14.3. The largest absolute Gasteiger partial charge is 0.496 e. The molecule has 0 bridgehead atoms. The van der Waals surface area contributed by atoms with Crippen LogP contribution in [0.3, 0.4) is 0 Å². The lowest BCUT2D eigenvalue weighted by molar-refractivity contribution is -0.958. The van der Waals surface area contributed by atoms with Crippen LogP contribution in [0.15, 0.2) is 48.5 Å². The Morgan fingerprint density at radius 1 is 1.11 bits per heavy atom. The van der Waals surface area contributed by atoms with Crippen molar-refractivity contribution in [2.45, 2.75) is 50.3 Å². The smallest absolute Gasteiger partial charge is 0.132 e. The van der Waals surface area contributed by atoms with Gasteiger partial charge < -0.3 is 14.7 Å². The van der Waals surface area contributed by atoms with Gasteiger partial charge >= 0.3 is 0 Å². The second kappa shape index (κ2) is 7.61. The summed E-state index contributed by atoms with van der Waals surface area (Å²) in [6.45, 7) is 1.46. The molecule has 2 aromatic rings. The maximum atomic E-state index is 14.3. The van der Waals surface area contributed by atoms with Crippen molar-refractivity contribution in [1.82, 2.24) is 0 Å². The molecule has 1 unspecified atom stereocenters. The molecule has 144 valence electrons. The molecule has 4 heteroatoms. The Labute approximate surface area is 160 Å². The lowest BCUT2D eigenvalue weighted by Gasteiger charge is -2.50. The Bertz CT molecular complexity index is 795. The molecule has 4 atom stereocenters. The van der Waals surface area contributed by atoms with Crippen LogP contribution in [0.4, 0.5) is 4.39 Å². The zero-order chi connectivity index (χ0) is 18.9. The van der Waals surface area contributed by atoms with Gasteiger partial charge in [0, 0.05) is 17.9 Å². The van der Waals surface area contributed by atoms with E-state index in [2.05, 4.69) is 6.07 Å². The number of benzene rings is 2. The van der Waals surface area contributed by atoms with Crippen molar-refractivity contribution in [2.24, 2.45) is 5.92 Å². The molecule has 27 heavy (non-hydrogen) atoms. The molecule has 1 saturated heterocycles. The lowest BCUT2D eigenvalue weighted by Crippen LogP contribution is -3.13. The van der Waals surface area contributed by atoms with E-state index in [0.717, 1.165) is 55.5 Å². The molecule has 4 rings (SSSR count). The molecule has 0 spiro atoms. The quantitative estimate of drug-likeness (QED) is 0.866. The summed E-state index contributed by atoms with van der Waals surface area (Å²) >= 11 is 0. The Hall–Kier alpha value is -1.91. The highest BCUT2D eigenvalue weighted by molar-refractivity contribution is 5.36. The van der Waals surface area contributed by atoms with Gasteiger partial charge in [-0.3, -0.25) is 0 Å². The van der Waals surface area contributed by atoms with Crippen LogP contribution in [-0.4, -0.2) is 24.4 Å². The third-order valence-electron chi connectivity index (χ3n) is 6.64. The lowest BCUT2D eigenvalue weighted by atomic mass is 9.66. The highest BCUT2D eigenvalue weighted by Crippen LogP contribution is 2.45. The summed E-state index contributed by atoms with van der Waals surface area (Å²) in [4.78, 5) is 1.32. The average molecular weight is 370 g/mol. The van der Waals surface area contributed by atoms with Gasteiger partial charge in [0.2, 0.25) is 0 Å². The Kier molecular flexibility index (Phi) is 5.20. The summed E-state index contributed by atoms with van der Waals surface area (Å²) in [6.07, 6.45) is 4.91. The normalized spacial score (nSPS) is 30.6. The minimum Gasteiger partial charge on any atom is -0.496 e. The first-order valence-electron chi connectivity index (χ1n) is 10.1. The molecular formula is C23H29FNO2+. The van der Waals surface area contributed by atoms with Crippen LogP contribution in [0.2, 0.25) is 0 Å². The van der Waals surface area contributed by atoms with Gasteiger partial charge in [-0.05, 0) is 31.0 Å². The fraction of sp³-hybridized carbons (Fsp3) is 0.478. The minimum absolute atomic E-state index is 0.111. The van der Waals surface area contributed by atoms with E-state index in [1.807, 2.05) is 30.3 Å². The Balaban J connectivity index is 1.74. The second-order valence-corrected chi connectivity index (χ2v) is 8.10. The number of piperidine rings is 1. The summed E-state index contributed by atoms with van der Waals surface area (Å²) < 4.78 is 20.0. The number of hydrogen-bond donors (Lipinski definition) is 2. The number of hydrogen-bond acceptors (Lipinski definition) is 2. The Morgan fingerprint density at radius 3 is 2.70 bits per heavy atom. The van der Waals surface area contributed by atoms with Crippen molar-refractivity contribution in [3.05, 3.63) is 65.5 Å². The van der Waals surface area contributed by atoms with Crippen molar-refractivity contribution < 1.29 is 19.1 Å². The standard InChI is InChI=1S/C23H28FNO2/c1-27-21-12-5-3-9-18(21)22-19-10-6-7-13-23(19,26)14-15-25(22)16-17-8-2-4-11-20(17)24/h2-5,8-9,11-12,19,22,26H,6-7,10,13-16H2,1H3/p+1/t19-,22+,23-/m0/s1. The van der Waals surface area contributed by atoms with Gasteiger partial charge in [0.1, 0.15) is 24.2 Å². The SMILES string of the molecule is COc1ccccc1[C@@H]1[C@@H]2CCCC[C@]2(O)CC[NH+]1Cc1ccccc1F. The molecule has 0 aromatic heterocycles. The van der Waals surface area contributed by atoms with Crippen molar-refractivity contribution in [1.29, 1.82) is 0 Å². The highest BCUT2D eigenvalue weighted by atomic mass is 19.1. The number of para-hydroxylation sites is 1. The van der Waals surface area contributed by atoms with Crippen molar-refractivity contribution >= 4 is 0 Å². The molecule has 1 aliphatic heterocycles. The number of likely N-dealkylation sites (tertiary alicyclic amines) is 1. The molecule has 3 nitrogen and oxygen atoms in total. The third kappa shape index (κ3) is 3.48. The van der Waals surface area contributed by atoms with E-state index in [1.54, 1.807) is 13.2 Å². The van der Waals surface area contributed by atoms with Gasteiger partial charge in [-0.25, -0.2) is 4.39 Å². The first kappa shape index (κ1) is 18.5. The predicted molar refractivity (Wildman–Crippen MR) is 103 cm³/mol. The minimum atomic E-state index is -0.609. The van der Waals surface area contributed by atoms with E-state index in [9.17, 15) is 9.50 Å². The maximum Gasteiger partial charge on any atom is 0.132 e. The van der Waals surface area contributed by atoms with Gasteiger partial charge in [-0.2, -0.15) is 0 Å². The number of rotatable bonds is 4. The first-order chi connectivity index (χ1) is 13.1. The van der Waals surface area contributed by atoms with Crippen LogP contribution in [0.25, 0.3) is 0 Å². The van der Waals surface area contributed by atoms with Crippen LogP contribution < -0.4 is 9.64 Å². The molecular weight excluding hydrogens is 341 g/mol. The molecule has 0 radical (unpaired) electrons. The number of fused-ring (bicyclic) bond motifs is 1. The number of ether oxygens (including phenoxy) is 1. The van der Waals surface area contributed by atoms with Crippen LogP contribution in [0.1, 0.15) is 49.3 Å². The van der Waals surface area contributed by atoms with Crippen LogP contribution in [0.5, 0.6) is 5.75 Å². The topological polar surface area (TPSA) is 33.9 Å². The van der Waals surface area contributed by atoms with E-state index in [1.165, 1.54) is 11.0 Å². The molecule has 1 heterocycles. The summed E-state index contributed by atoms with van der Waals surface area (Å²) in [6, 6.07) is 15.3. The van der Waals surface area contributed by atoms with Gasteiger partial charge in [0.05, 0.1) is 24.8 Å². The summed E-state index contributed by atoms with van der Waals surface area (Å²) in [5.41, 5.74) is 1.27. The number of aliphatic hydroxyl groups is 1. The highest BCUT2D eigenvalue weighted by Gasteiger charge is 2.52. The summed E-state index contributed by atoms with van der Waals surface area (Å²) in [5.74, 6) is 0.898. The monoisotopic (exact) mass is 370 g/mol. The van der Waals surface area contributed by atoms with Crippen molar-refractivity contribution in [2.75, 3.05) is 13.7 Å². The van der Waals surface area contributed by atoms with E-state index in [4.69, 9.17) is 4.74 Å². The zero-order valence-corrected chi connectivity index (χ0v) is 16.0. The van der Waals surface area contributed by atoms with E-state index >= 15 is 0 Å². The number of halogens is 1. The number of methoxy groups -OCH3 is 1. The molecule has 2 fully saturated rings. The van der Waals surface area contributed by atoms with Crippen molar-refractivity contribution in [3.8, 4) is 5.75 Å². The summed E-state index contributed by atoms with van der Waals surface area (Å²) in [7, 11) is 1.70. The molecule has 2 aliphatic rings. The van der Waals surface area contributed by atoms with E-state index in [-0.39, 0.29) is 17.8 Å². The molecule has 1 saturated carbocycles. The average Bonchev–Trinajstić information content (AvgIpc) is 2.69. The van der Waals surface area contributed by atoms with Crippen LogP contribution in [-0.2, 0) is 6.54 Å². The van der Waals surface area contributed by atoms with Crippen LogP contribution >= 0.6 is 0 Å². The predicted octanol–water partition coefficient (Wildman–Crippen LogP) is 3.29. The Morgan fingerprint density at radius 2 is 1.89 bits per heavy atom. The van der Waals surface area contributed by atoms with Gasteiger partial charge in [-0.1, -0.05) is 43.2 Å². The number of quaternary nitrogens is 1. The van der Waals surface area contributed by atoms with E-state index < -0.39 is 5.60 Å². The first-order valence-corrected chi connectivity index (χ1v) is 10.1. The van der Waals surface area contributed by atoms with Gasteiger partial charge in [0.25, 0.3) is 0 Å². The van der Waals surface area contributed by atoms with Gasteiger partial charge in [0.15, 0.2) is 0 Å². The zero-order valence-electron chi connectivity index (χ0n) is 16.0. The van der Waals surface area contributed by atoms with Crippen molar-refractivity contribution in [3.63, 3.8) is 0 Å². The summed E-state index contributed by atoms with van der Waals surface area (Å²) in [5, 5.41) is 11.4. The van der Waals surface area contributed by atoms with Crippen LogP contribution in [0, 0.1) is 11.7 Å². The molecule has 2 N–H and O–H groups in total. The van der Waals surface area contributed by atoms with Gasteiger partial charge in [-0.15, -0.1) is 0 Å².